The van der Waals surface area contributed by atoms with Gasteiger partial charge in [0.25, 0.3) is 0 Å². The van der Waals surface area contributed by atoms with Gasteiger partial charge < -0.3 is 18.1 Å². The van der Waals surface area contributed by atoms with Gasteiger partial charge in [-0.2, -0.15) is 0 Å². The molecule has 3 heteroatoms. The Labute approximate surface area is 36.5 Å². The molecule has 0 saturated heterocycles. The molecular formula is CH5Cl2N+. The Morgan fingerprint density at radius 1 is 1.75 bits per heavy atom. The van der Waals surface area contributed by atoms with Crippen LogP contribution in [0, 0.1) is 11.6 Å². The van der Waals surface area contributed by atoms with Crippen LogP contribution in [0.5, 0.6) is 0 Å². The predicted molar refractivity (Wildman–Crippen MR) is 7.76 cm³/mol. The molecule has 0 atom stereocenters. The van der Waals surface area contributed by atoms with E-state index in [9.17, 15) is 0 Å². The molecule has 0 aliphatic carbocycles. The second-order valence-electron chi connectivity index (χ2n) is 0.189. The average Bonchev–Trinajstić information content (AvgIpc) is 0.918. The number of quaternary nitrogens is 1. The Hall–Kier alpha value is 0.540. The van der Waals surface area contributed by atoms with Gasteiger partial charge in [0.15, 0.2) is 0 Å². The first-order valence-corrected chi connectivity index (χ1v) is 1.30. The first kappa shape index (κ1) is 8.82. The van der Waals surface area contributed by atoms with Crippen molar-refractivity contribution in [2.45, 2.75) is 0 Å². The molecule has 0 fully saturated rings. The molecule has 0 bridgehead atoms. The van der Waals surface area contributed by atoms with Crippen molar-refractivity contribution in [3.8, 4) is 0 Å². The zero-order chi connectivity index (χ0) is 2.71. The van der Waals surface area contributed by atoms with Crippen LogP contribution in [0.15, 0.2) is 0 Å². The maximum absolute atomic E-state index is 4.89. The standard InChI is InChI=1S/CH4ClN.ClH/c2-1-3;/h1,3H2;1H/q+1;. The summed E-state index contributed by atoms with van der Waals surface area (Å²) in [5.74, 6) is 0. The van der Waals surface area contributed by atoms with E-state index in [1.54, 1.807) is 0 Å². The van der Waals surface area contributed by atoms with E-state index in [1.807, 2.05) is 0 Å². The molecule has 3 N–H and O–H groups in total. The van der Waals surface area contributed by atoms with Crippen LogP contribution < -0.4 is 18.1 Å². The predicted octanol–water partition coefficient (Wildman–Crippen LogP) is -4.26. The lowest BCUT2D eigenvalue weighted by molar-refractivity contribution is -0.596. The molecule has 4 heavy (non-hydrogen) atoms. The molecule has 0 aromatic rings. The number of rotatable bonds is 0. The fourth-order valence-electron chi connectivity index (χ4n) is 0. The molecule has 0 spiro atoms. The number of hydrogen-bond acceptors (Lipinski definition) is 0. The van der Waals surface area contributed by atoms with E-state index in [1.165, 1.54) is 0 Å². The Morgan fingerprint density at radius 3 is 1.75 bits per heavy atom. The van der Waals surface area contributed by atoms with Crippen molar-refractivity contribution in [3.05, 3.63) is 0 Å². The van der Waals surface area contributed by atoms with Crippen LogP contribution in [0.25, 0.3) is 0 Å². The van der Waals surface area contributed by atoms with E-state index in [0.29, 0.717) is 6.00 Å². The van der Waals surface area contributed by atoms with E-state index in [0.717, 1.165) is 0 Å². The van der Waals surface area contributed by atoms with Gasteiger partial charge in [-0.3, -0.25) is 0 Å². The van der Waals surface area contributed by atoms with Crippen molar-refractivity contribution < 1.29 is 29.7 Å². The van der Waals surface area contributed by atoms with E-state index in [-0.39, 0.29) is 12.4 Å². The first-order valence-electron chi connectivity index (χ1n) is 0.767. The zero-order valence-corrected chi connectivity index (χ0v) is 3.68. The van der Waals surface area contributed by atoms with Gasteiger partial charge in [0.1, 0.15) is 0 Å². The quantitative estimate of drug-likeness (QED) is 0.237. The molecule has 0 unspecified atom stereocenters. The summed E-state index contributed by atoms with van der Waals surface area (Å²) in [6, 6.07) is 0.472. The van der Waals surface area contributed by atoms with Gasteiger partial charge in [-0.25, -0.2) is 0 Å². The summed E-state index contributed by atoms with van der Waals surface area (Å²) in [6.45, 7) is 0. The van der Waals surface area contributed by atoms with Gasteiger partial charge in [-0.15, -0.1) is 0 Å². The monoisotopic (exact) mass is 101 g/mol. The Kier molecular flexibility index (Phi) is 21.2. The third kappa shape index (κ3) is 20.7. The van der Waals surface area contributed by atoms with Crippen molar-refractivity contribution in [1.82, 2.24) is 0 Å². The van der Waals surface area contributed by atoms with E-state index >= 15 is 0 Å². The highest BCUT2D eigenvalue weighted by Crippen LogP contribution is 1.07. The van der Waals surface area contributed by atoms with Gasteiger partial charge in [0, 0.05) is 0 Å². The highest BCUT2D eigenvalue weighted by Gasteiger charge is 1.71. The maximum Gasteiger partial charge on any atom is 0.540 e. The molecule has 1 radical (unpaired) electrons. The summed E-state index contributed by atoms with van der Waals surface area (Å²) in [5.41, 5.74) is 3.25. The van der Waals surface area contributed by atoms with Gasteiger partial charge >= 0.3 is 17.6 Å². The van der Waals surface area contributed by atoms with E-state index in [2.05, 4.69) is 5.73 Å². The van der Waals surface area contributed by atoms with Crippen molar-refractivity contribution in [2.24, 2.45) is 0 Å². The highest BCUT2D eigenvalue weighted by atomic mass is 35.5. The van der Waals surface area contributed by atoms with Crippen LogP contribution in [-0.4, -0.2) is 6.00 Å². The highest BCUT2D eigenvalue weighted by molar-refractivity contribution is 3.35. The summed E-state index contributed by atoms with van der Waals surface area (Å²) in [4.78, 5) is 0. The third-order valence-electron chi connectivity index (χ3n) is 0. The van der Waals surface area contributed by atoms with Crippen molar-refractivity contribution >= 4 is 0 Å². The molecule has 1 nitrogen and oxygen atoms in total. The molecule has 27 valence electrons. The summed E-state index contributed by atoms with van der Waals surface area (Å²) in [7, 11) is 0. The lowest BCUT2D eigenvalue weighted by Crippen LogP contribution is -3.00. The van der Waals surface area contributed by atoms with Crippen molar-refractivity contribution in [3.63, 3.8) is 0 Å². The first-order chi connectivity index (χ1) is 1.41. The summed E-state index contributed by atoms with van der Waals surface area (Å²) in [6.07, 6.45) is 0. The summed E-state index contributed by atoms with van der Waals surface area (Å²) >= 11 is 4.89. The van der Waals surface area contributed by atoms with Crippen molar-refractivity contribution in [2.75, 3.05) is 6.00 Å². The second-order valence-corrected chi connectivity index (χ2v) is 0.567. The fourth-order valence-corrected chi connectivity index (χ4v) is 0. The molecule has 0 heterocycles. The minimum Gasteiger partial charge on any atom is -1.00 e. The minimum atomic E-state index is 0. The lowest BCUT2D eigenvalue weighted by atomic mass is 11.6. The number of alkyl halides is 1. The van der Waals surface area contributed by atoms with Gasteiger partial charge in [-0.05, 0) is 0 Å². The van der Waals surface area contributed by atoms with Gasteiger partial charge in [-0.1, -0.05) is 0 Å². The van der Waals surface area contributed by atoms with E-state index in [4.69, 9.17) is 11.6 Å². The normalized spacial score (nSPS) is 4.50. The Balaban J connectivity index is 0. The summed E-state index contributed by atoms with van der Waals surface area (Å²) in [5, 5.41) is 0. The molecule has 0 amide bonds. The molecular weight excluding hydrogens is 96.9 g/mol. The molecule has 0 saturated carbocycles. The zero-order valence-electron chi connectivity index (χ0n) is 2.17. The molecule has 0 aromatic carbocycles. The lowest BCUT2D eigenvalue weighted by Gasteiger charge is -1.25. The Bertz CT molecular complexity index is 6.00. The SMILES string of the molecule is [Cl-].[NH3+]C[Cl+]. The maximum atomic E-state index is 4.89. The van der Waals surface area contributed by atoms with Gasteiger partial charge in [0.2, 0.25) is 0 Å². The largest absolute Gasteiger partial charge is 1.00 e. The van der Waals surface area contributed by atoms with Crippen LogP contribution in [0.3, 0.4) is 0 Å². The van der Waals surface area contributed by atoms with Crippen LogP contribution in [0.2, 0.25) is 0 Å². The third-order valence-corrected chi connectivity index (χ3v) is 0. The van der Waals surface area contributed by atoms with Crippen LogP contribution in [0.4, 0.5) is 0 Å². The fraction of sp³-hybridized carbons (Fsp3) is 1.00. The smallest absolute Gasteiger partial charge is 0.540 e. The molecule has 0 rings (SSSR count). The topological polar surface area (TPSA) is 27.6 Å². The van der Waals surface area contributed by atoms with Crippen molar-refractivity contribution in [1.29, 1.82) is 0 Å². The Morgan fingerprint density at radius 2 is 1.75 bits per heavy atom. The minimum absolute atomic E-state index is 0. The number of hydrogen-bond donors (Lipinski definition) is 1. The van der Waals surface area contributed by atoms with Crippen LogP contribution in [-0.2, 0) is 0 Å². The van der Waals surface area contributed by atoms with Crippen LogP contribution in [0.1, 0.15) is 0 Å². The molecule has 0 aliphatic rings. The summed E-state index contributed by atoms with van der Waals surface area (Å²) < 4.78 is 0. The second kappa shape index (κ2) is 9.63. The van der Waals surface area contributed by atoms with E-state index < -0.39 is 0 Å². The van der Waals surface area contributed by atoms with Gasteiger partial charge in [0.05, 0.1) is 0 Å². The molecule has 0 aromatic heterocycles. The average molecular weight is 102 g/mol. The van der Waals surface area contributed by atoms with Crippen LogP contribution >= 0.6 is 0 Å². The number of halogens is 2. The molecule has 0 aliphatic heterocycles.